The normalized spacial score (nSPS) is 19.8. The summed E-state index contributed by atoms with van der Waals surface area (Å²) in [4.78, 5) is 6.89. The number of pyridine rings is 1. The van der Waals surface area contributed by atoms with Crippen LogP contribution in [0, 0.1) is 11.8 Å². The zero-order valence-corrected chi connectivity index (χ0v) is 9.60. The van der Waals surface area contributed by atoms with Gasteiger partial charge < -0.3 is 10.6 Å². The topological polar surface area (TPSA) is 42.1 Å². The van der Waals surface area contributed by atoms with Crippen molar-refractivity contribution in [2.45, 2.75) is 25.7 Å². The molecule has 0 unspecified atom stereocenters. The van der Waals surface area contributed by atoms with Crippen LogP contribution in [0.15, 0.2) is 18.3 Å². The summed E-state index contributed by atoms with van der Waals surface area (Å²) in [5.74, 6) is 2.93. The van der Waals surface area contributed by atoms with Gasteiger partial charge in [0.2, 0.25) is 0 Å². The molecule has 1 aromatic rings. The summed E-state index contributed by atoms with van der Waals surface area (Å²) < 4.78 is 0. The molecule has 2 fully saturated rings. The minimum Gasteiger partial charge on any atom is -0.397 e. The van der Waals surface area contributed by atoms with Crippen molar-refractivity contribution in [2.75, 3.05) is 23.7 Å². The Bertz CT molecular complexity index is 338. The van der Waals surface area contributed by atoms with E-state index in [1.165, 1.54) is 38.8 Å². The molecule has 0 amide bonds. The average Bonchev–Trinajstić information content (AvgIpc) is 3.12. The maximum atomic E-state index is 5.67. The Morgan fingerprint density at radius 3 is 2.19 bits per heavy atom. The number of aromatic nitrogens is 1. The number of hydrogen-bond donors (Lipinski definition) is 1. The summed E-state index contributed by atoms with van der Waals surface area (Å²) in [6.07, 6.45) is 7.36. The van der Waals surface area contributed by atoms with E-state index in [4.69, 9.17) is 5.73 Å². The summed E-state index contributed by atoms with van der Waals surface area (Å²) in [5.41, 5.74) is 6.42. The van der Waals surface area contributed by atoms with Gasteiger partial charge in [-0.1, -0.05) is 0 Å². The lowest BCUT2D eigenvalue weighted by Crippen LogP contribution is -2.28. The Morgan fingerprint density at radius 2 is 1.75 bits per heavy atom. The molecule has 2 saturated carbocycles. The van der Waals surface area contributed by atoms with E-state index in [1.807, 2.05) is 6.07 Å². The standard InChI is InChI=1S/C13H19N3/c14-12-5-6-13(15-7-12)16(8-10-1-2-10)9-11-3-4-11/h5-7,10-11H,1-4,8-9,14H2. The van der Waals surface area contributed by atoms with Gasteiger partial charge in [0.05, 0.1) is 11.9 Å². The molecular formula is C13H19N3. The van der Waals surface area contributed by atoms with E-state index in [0.717, 1.165) is 23.3 Å². The Kier molecular flexibility index (Phi) is 2.46. The lowest BCUT2D eigenvalue weighted by Gasteiger charge is -2.23. The molecule has 0 bridgehead atoms. The van der Waals surface area contributed by atoms with Gasteiger partial charge in [-0.3, -0.25) is 0 Å². The second kappa shape index (κ2) is 3.96. The molecule has 0 spiro atoms. The minimum absolute atomic E-state index is 0.751. The fourth-order valence-corrected chi connectivity index (χ4v) is 2.07. The highest BCUT2D eigenvalue weighted by Gasteiger charge is 2.29. The molecule has 3 nitrogen and oxygen atoms in total. The Balaban J connectivity index is 1.71. The maximum absolute atomic E-state index is 5.67. The third-order valence-electron chi connectivity index (χ3n) is 3.45. The lowest BCUT2D eigenvalue weighted by atomic mass is 10.3. The lowest BCUT2D eigenvalue weighted by molar-refractivity contribution is 0.672. The van der Waals surface area contributed by atoms with Crippen LogP contribution in [-0.4, -0.2) is 18.1 Å². The zero-order chi connectivity index (χ0) is 11.0. The molecule has 0 saturated heterocycles. The predicted molar refractivity (Wildman–Crippen MR) is 66.3 cm³/mol. The van der Waals surface area contributed by atoms with Crippen LogP contribution in [-0.2, 0) is 0 Å². The molecule has 0 atom stereocenters. The molecule has 86 valence electrons. The van der Waals surface area contributed by atoms with Gasteiger partial charge in [0.1, 0.15) is 5.82 Å². The molecule has 1 heterocycles. The molecule has 16 heavy (non-hydrogen) atoms. The van der Waals surface area contributed by atoms with Crippen molar-refractivity contribution in [3.05, 3.63) is 18.3 Å². The predicted octanol–water partition coefficient (Wildman–Crippen LogP) is 2.29. The van der Waals surface area contributed by atoms with Gasteiger partial charge in [0.25, 0.3) is 0 Å². The molecule has 2 aliphatic carbocycles. The van der Waals surface area contributed by atoms with Crippen molar-refractivity contribution >= 4 is 11.5 Å². The van der Waals surface area contributed by atoms with E-state index in [1.54, 1.807) is 6.20 Å². The van der Waals surface area contributed by atoms with Gasteiger partial charge in [-0.2, -0.15) is 0 Å². The molecule has 3 heteroatoms. The molecule has 0 aromatic carbocycles. The van der Waals surface area contributed by atoms with Crippen LogP contribution in [0.5, 0.6) is 0 Å². The molecule has 0 aliphatic heterocycles. The van der Waals surface area contributed by atoms with E-state index in [0.29, 0.717) is 0 Å². The summed E-state index contributed by atoms with van der Waals surface area (Å²) in [7, 11) is 0. The van der Waals surface area contributed by atoms with Crippen molar-refractivity contribution in [3.8, 4) is 0 Å². The largest absolute Gasteiger partial charge is 0.397 e. The summed E-state index contributed by atoms with van der Waals surface area (Å²) in [6.45, 7) is 2.38. The Labute approximate surface area is 96.7 Å². The van der Waals surface area contributed by atoms with Crippen LogP contribution >= 0.6 is 0 Å². The maximum Gasteiger partial charge on any atom is 0.128 e. The highest BCUT2D eigenvalue weighted by Crippen LogP contribution is 2.35. The van der Waals surface area contributed by atoms with Crippen molar-refractivity contribution in [1.82, 2.24) is 4.98 Å². The minimum atomic E-state index is 0.751. The SMILES string of the molecule is Nc1ccc(N(CC2CC2)CC2CC2)nc1. The van der Waals surface area contributed by atoms with Crippen LogP contribution < -0.4 is 10.6 Å². The van der Waals surface area contributed by atoms with E-state index in [9.17, 15) is 0 Å². The van der Waals surface area contributed by atoms with E-state index in [-0.39, 0.29) is 0 Å². The van der Waals surface area contributed by atoms with E-state index < -0.39 is 0 Å². The summed E-state index contributed by atoms with van der Waals surface area (Å²) in [5, 5.41) is 0. The monoisotopic (exact) mass is 217 g/mol. The first-order valence-electron chi connectivity index (χ1n) is 6.28. The molecule has 0 radical (unpaired) electrons. The van der Waals surface area contributed by atoms with Gasteiger partial charge in [-0.25, -0.2) is 4.98 Å². The number of nitrogens with two attached hydrogens (primary N) is 1. The second-order valence-electron chi connectivity index (χ2n) is 5.24. The zero-order valence-electron chi connectivity index (χ0n) is 9.60. The first-order valence-corrected chi connectivity index (χ1v) is 6.28. The van der Waals surface area contributed by atoms with Crippen molar-refractivity contribution in [3.63, 3.8) is 0 Å². The summed E-state index contributed by atoms with van der Waals surface area (Å²) in [6, 6.07) is 4.01. The first kappa shape index (κ1) is 9.94. The molecular weight excluding hydrogens is 198 g/mol. The van der Waals surface area contributed by atoms with Gasteiger partial charge in [0, 0.05) is 13.1 Å². The van der Waals surface area contributed by atoms with Crippen LogP contribution in [0.2, 0.25) is 0 Å². The van der Waals surface area contributed by atoms with Gasteiger partial charge >= 0.3 is 0 Å². The van der Waals surface area contributed by atoms with Crippen LogP contribution in [0.3, 0.4) is 0 Å². The molecule has 2 aliphatic rings. The third-order valence-corrected chi connectivity index (χ3v) is 3.45. The fourth-order valence-electron chi connectivity index (χ4n) is 2.07. The van der Waals surface area contributed by atoms with Crippen LogP contribution in [0.4, 0.5) is 11.5 Å². The Morgan fingerprint density at radius 1 is 1.12 bits per heavy atom. The van der Waals surface area contributed by atoms with Gasteiger partial charge in [0.15, 0.2) is 0 Å². The summed E-state index contributed by atoms with van der Waals surface area (Å²) >= 11 is 0. The van der Waals surface area contributed by atoms with Crippen LogP contribution in [0.25, 0.3) is 0 Å². The second-order valence-corrected chi connectivity index (χ2v) is 5.24. The van der Waals surface area contributed by atoms with Crippen molar-refractivity contribution in [1.29, 1.82) is 0 Å². The first-order chi connectivity index (χ1) is 7.81. The van der Waals surface area contributed by atoms with Crippen molar-refractivity contribution in [2.24, 2.45) is 11.8 Å². The number of nitrogen functional groups attached to an aromatic ring is 1. The van der Waals surface area contributed by atoms with E-state index in [2.05, 4.69) is 16.0 Å². The highest BCUT2D eigenvalue weighted by molar-refractivity contribution is 5.46. The fraction of sp³-hybridized carbons (Fsp3) is 0.615. The molecule has 1 aromatic heterocycles. The smallest absolute Gasteiger partial charge is 0.128 e. The quantitative estimate of drug-likeness (QED) is 0.822. The third kappa shape index (κ3) is 2.46. The van der Waals surface area contributed by atoms with Crippen LogP contribution in [0.1, 0.15) is 25.7 Å². The number of hydrogen-bond acceptors (Lipinski definition) is 3. The molecule has 3 rings (SSSR count). The van der Waals surface area contributed by atoms with Gasteiger partial charge in [-0.05, 0) is 49.7 Å². The van der Waals surface area contributed by atoms with Crippen molar-refractivity contribution < 1.29 is 0 Å². The van der Waals surface area contributed by atoms with E-state index >= 15 is 0 Å². The molecule has 2 N–H and O–H groups in total. The Hall–Kier alpha value is -1.25. The highest BCUT2D eigenvalue weighted by atomic mass is 15.2. The number of nitrogens with zero attached hydrogens (tertiary/aromatic N) is 2. The number of rotatable bonds is 5. The number of anilines is 2. The van der Waals surface area contributed by atoms with Gasteiger partial charge in [-0.15, -0.1) is 0 Å². The average molecular weight is 217 g/mol.